The topological polar surface area (TPSA) is 143 Å². The minimum Gasteiger partial charge on any atom is -0.491 e. The number of aromatic nitrogens is 1. The number of nitrogens with zero attached hydrogens (tertiary/aromatic N) is 1. The number of anilines is 1. The number of rotatable bonds is 4. The molecule has 0 aliphatic carbocycles. The summed E-state index contributed by atoms with van der Waals surface area (Å²) >= 11 is 0. The van der Waals surface area contributed by atoms with Gasteiger partial charge in [-0.2, -0.15) is 0 Å². The van der Waals surface area contributed by atoms with Crippen LogP contribution in [0.5, 0.6) is 5.75 Å². The number of carbonyl (C=O) groups is 2. The van der Waals surface area contributed by atoms with Gasteiger partial charge < -0.3 is 14.9 Å². The third-order valence-electron chi connectivity index (χ3n) is 4.23. The number of fused-ring (bicyclic) bond motifs is 3. The van der Waals surface area contributed by atoms with Crippen LogP contribution in [0.15, 0.2) is 53.6 Å². The molecule has 3 aromatic rings. The maximum Gasteiger partial charge on any atom is 0.340 e. The lowest BCUT2D eigenvalue weighted by molar-refractivity contribution is -0.122. The van der Waals surface area contributed by atoms with E-state index in [0.717, 1.165) is 5.56 Å². The third kappa shape index (κ3) is 3.97. The summed E-state index contributed by atoms with van der Waals surface area (Å²) in [4.78, 5) is 24.5. The summed E-state index contributed by atoms with van der Waals surface area (Å²) in [6.45, 7) is 0.265. The quantitative estimate of drug-likeness (QED) is 0.550. The molecule has 150 valence electrons. The molecule has 3 N–H and O–H groups in total. The van der Waals surface area contributed by atoms with E-state index in [1.807, 2.05) is 0 Å². The number of carboxylic acid groups (broad SMARTS) is 2. The van der Waals surface area contributed by atoms with Crippen molar-refractivity contribution in [2.45, 2.75) is 11.3 Å². The molecule has 1 aliphatic rings. The first-order valence-corrected chi connectivity index (χ1v) is 9.83. The number of nitrogens with one attached hydrogen (secondary N) is 1. The zero-order valence-electron chi connectivity index (χ0n) is 14.9. The van der Waals surface area contributed by atoms with Crippen LogP contribution in [0.25, 0.3) is 10.9 Å². The maximum atomic E-state index is 12.6. The van der Waals surface area contributed by atoms with Crippen molar-refractivity contribution in [1.29, 1.82) is 0 Å². The maximum absolute atomic E-state index is 12.6. The Labute approximate surface area is 165 Å². The Morgan fingerprint density at radius 2 is 1.86 bits per heavy atom. The molecule has 0 amide bonds. The first kappa shape index (κ1) is 20.1. The van der Waals surface area contributed by atoms with Crippen LogP contribution in [0.4, 0.5) is 5.69 Å². The summed E-state index contributed by atoms with van der Waals surface area (Å²) in [5, 5.41) is 17.2. The predicted molar refractivity (Wildman–Crippen MR) is 104 cm³/mol. The van der Waals surface area contributed by atoms with E-state index in [-0.39, 0.29) is 28.1 Å². The van der Waals surface area contributed by atoms with Gasteiger partial charge in [-0.05, 0) is 18.2 Å². The molecule has 9 nitrogen and oxygen atoms in total. The molecule has 0 atom stereocenters. The van der Waals surface area contributed by atoms with Gasteiger partial charge in [-0.3, -0.25) is 14.5 Å². The number of benzene rings is 2. The van der Waals surface area contributed by atoms with Gasteiger partial charge in [0.2, 0.25) is 0 Å². The fourth-order valence-corrected chi connectivity index (χ4v) is 4.15. The lowest BCUT2D eigenvalue weighted by Crippen LogP contribution is -2.16. The summed E-state index contributed by atoms with van der Waals surface area (Å²) < 4.78 is 32.9. The van der Waals surface area contributed by atoms with Gasteiger partial charge in [0.1, 0.15) is 11.3 Å². The number of ether oxygens (including phenoxy) is 1. The normalized spacial score (nSPS) is 12.3. The molecule has 0 saturated heterocycles. The second-order valence-corrected chi connectivity index (χ2v) is 7.60. The van der Waals surface area contributed by atoms with E-state index in [9.17, 15) is 18.3 Å². The van der Waals surface area contributed by atoms with Crippen molar-refractivity contribution in [2.75, 3.05) is 11.3 Å². The van der Waals surface area contributed by atoms with Crippen LogP contribution in [0.2, 0.25) is 0 Å². The van der Waals surface area contributed by atoms with Crippen LogP contribution in [-0.4, -0.2) is 42.7 Å². The second kappa shape index (κ2) is 8.15. The molecule has 0 radical (unpaired) electrons. The smallest absolute Gasteiger partial charge is 0.340 e. The zero-order valence-corrected chi connectivity index (χ0v) is 15.7. The van der Waals surface area contributed by atoms with Gasteiger partial charge in [-0.1, -0.05) is 24.3 Å². The average molecular weight is 416 g/mol. The van der Waals surface area contributed by atoms with E-state index < -0.39 is 16.0 Å². The molecule has 1 aliphatic heterocycles. The van der Waals surface area contributed by atoms with Crippen LogP contribution in [0, 0.1) is 0 Å². The number of hydrogen-bond acceptors (Lipinski definition) is 6. The predicted octanol–water partition coefficient (Wildman–Crippen LogP) is 2.37. The molecule has 10 heteroatoms. The molecule has 0 unspecified atom stereocenters. The lowest BCUT2D eigenvalue weighted by atomic mass is 10.0. The van der Waals surface area contributed by atoms with E-state index in [0.29, 0.717) is 24.2 Å². The van der Waals surface area contributed by atoms with Crippen molar-refractivity contribution in [2.24, 2.45) is 0 Å². The number of aromatic carboxylic acids is 1. The van der Waals surface area contributed by atoms with E-state index in [1.165, 1.54) is 24.4 Å². The van der Waals surface area contributed by atoms with E-state index >= 15 is 0 Å². The second-order valence-electron chi connectivity index (χ2n) is 5.91. The minimum absolute atomic E-state index is 0.0276. The summed E-state index contributed by atoms with van der Waals surface area (Å²) in [5.41, 5.74) is 0.905. The van der Waals surface area contributed by atoms with Crippen LogP contribution < -0.4 is 9.46 Å². The summed E-state index contributed by atoms with van der Waals surface area (Å²) in [6, 6.07) is 10.9. The summed E-state index contributed by atoms with van der Waals surface area (Å²) in [5.74, 6) is -0.626. The standard InChI is InChI=1S/C18H14N2O5S.CH2O2/c21-18(22)16-14(20-26(23,24)11-4-2-1-3-5-11)7-6-13-12-8-9-25-15(12)10-19-17(13)16;2-1-3/h1-7,10,20H,8-9H2,(H,21,22);1H,(H,2,3). The molecular weight excluding hydrogens is 400 g/mol. The molecule has 0 saturated carbocycles. The molecule has 0 bridgehead atoms. The zero-order chi connectivity index (χ0) is 21.0. The fourth-order valence-electron chi connectivity index (χ4n) is 3.05. The van der Waals surface area contributed by atoms with Crippen molar-refractivity contribution in [3.63, 3.8) is 0 Å². The Bertz CT molecular complexity index is 1180. The van der Waals surface area contributed by atoms with Crippen LogP contribution in [-0.2, 0) is 21.2 Å². The van der Waals surface area contributed by atoms with Crippen molar-refractivity contribution in [3.8, 4) is 5.75 Å². The molecule has 29 heavy (non-hydrogen) atoms. The highest BCUT2D eigenvalue weighted by atomic mass is 32.2. The lowest BCUT2D eigenvalue weighted by Gasteiger charge is -2.13. The SMILES string of the molecule is O=C(O)c1c(NS(=O)(=O)c2ccccc2)ccc2c3c(cnc12)OCC3.O=CO. The molecule has 4 rings (SSSR count). The van der Waals surface area contributed by atoms with E-state index in [1.54, 1.807) is 24.3 Å². The third-order valence-corrected chi connectivity index (χ3v) is 5.61. The Hall–Kier alpha value is -3.66. The van der Waals surface area contributed by atoms with Crippen LogP contribution in [0.1, 0.15) is 15.9 Å². The summed E-state index contributed by atoms with van der Waals surface area (Å²) in [7, 11) is -3.92. The fraction of sp³-hybridized carbons (Fsp3) is 0.105. The van der Waals surface area contributed by atoms with Gasteiger partial charge in [-0.25, -0.2) is 13.2 Å². The Kier molecular flexibility index (Phi) is 5.64. The van der Waals surface area contributed by atoms with Gasteiger partial charge in [0.05, 0.1) is 28.9 Å². The molecular formula is C19H16N2O7S. The van der Waals surface area contributed by atoms with E-state index in [4.69, 9.17) is 14.6 Å². The van der Waals surface area contributed by atoms with Crippen LogP contribution in [0.3, 0.4) is 0 Å². The van der Waals surface area contributed by atoms with Gasteiger partial charge in [0.15, 0.2) is 0 Å². The number of sulfonamides is 1. The van der Waals surface area contributed by atoms with Crippen LogP contribution >= 0.6 is 0 Å². The highest BCUT2D eigenvalue weighted by Gasteiger charge is 2.24. The van der Waals surface area contributed by atoms with Gasteiger partial charge in [0.25, 0.3) is 16.5 Å². The average Bonchev–Trinajstić information content (AvgIpc) is 3.17. The molecule has 0 fully saturated rings. The highest BCUT2D eigenvalue weighted by molar-refractivity contribution is 7.92. The van der Waals surface area contributed by atoms with Crippen molar-refractivity contribution >= 4 is 39.1 Å². The monoisotopic (exact) mass is 416 g/mol. The van der Waals surface area contributed by atoms with Crippen molar-refractivity contribution in [1.82, 2.24) is 4.98 Å². The van der Waals surface area contributed by atoms with Crippen molar-refractivity contribution < 1.29 is 33.0 Å². The number of carboxylic acids is 1. The Balaban J connectivity index is 0.000000755. The minimum atomic E-state index is -3.92. The largest absolute Gasteiger partial charge is 0.491 e. The number of hydrogen-bond donors (Lipinski definition) is 3. The highest BCUT2D eigenvalue weighted by Crippen LogP contribution is 2.35. The Morgan fingerprint density at radius 3 is 2.52 bits per heavy atom. The van der Waals surface area contributed by atoms with Gasteiger partial charge >= 0.3 is 5.97 Å². The Morgan fingerprint density at radius 1 is 1.17 bits per heavy atom. The number of pyridine rings is 1. The van der Waals surface area contributed by atoms with Gasteiger partial charge in [0, 0.05) is 17.4 Å². The molecule has 0 spiro atoms. The summed E-state index contributed by atoms with van der Waals surface area (Å²) in [6.07, 6.45) is 2.13. The molecule has 2 aromatic carbocycles. The molecule has 2 heterocycles. The first-order valence-electron chi connectivity index (χ1n) is 8.35. The van der Waals surface area contributed by atoms with Crippen molar-refractivity contribution in [3.05, 3.63) is 59.8 Å². The molecule has 1 aromatic heterocycles. The van der Waals surface area contributed by atoms with Gasteiger partial charge in [-0.15, -0.1) is 0 Å². The first-order chi connectivity index (χ1) is 13.9. The van der Waals surface area contributed by atoms with E-state index in [2.05, 4.69) is 9.71 Å².